The van der Waals surface area contributed by atoms with Crippen LogP contribution in [-0.2, 0) is 11.2 Å². The Hall–Kier alpha value is -0.0900. The molecule has 0 amide bonds. The van der Waals surface area contributed by atoms with E-state index in [9.17, 15) is 0 Å². The Bertz CT molecular complexity index is 441. The summed E-state index contributed by atoms with van der Waals surface area (Å²) in [4.78, 5) is 0. The predicted octanol–water partition coefficient (Wildman–Crippen LogP) is 4.71. The predicted molar refractivity (Wildman–Crippen MR) is 88.3 cm³/mol. The molecule has 2 nitrogen and oxygen atoms in total. The highest BCUT2D eigenvalue weighted by molar-refractivity contribution is 9.10. The molecule has 1 fully saturated rings. The molecule has 0 saturated heterocycles. The minimum absolute atomic E-state index is 0.00132. The highest BCUT2D eigenvalue weighted by atomic mass is 79.9. The van der Waals surface area contributed by atoms with Crippen molar-refractivity contribution in [2.45, 2.75) is 57.1 Å². The zero-order valence-corrected chi connectivity index (χ0v) is 14.3. The van der Waals surface area contributed by atoms with Gasteiger partial charge in [-0.1, -0.05) is 52.9 Å². The summed E-state index contributed by atoms with van der Waals surface area (Å²) in [5.74, 6) is 0. The topological polar surface area (TPSA) is 35.2 Å². The summed E-state index contributed by atoms with van der Waals surface area (Å²) in [5, 5.41) is 0.775. The molecule has 1 aromatic carbocycles. The molecule has 0 aromatic heterocycles. The SMILES string of the molecule is CCOC1(C(N)Cc2ccc(Br)cc2Cl)CCCCC1. The van der Waals surface area contributed by atoms with E-state index < -0.39 is 0 Å². The van der Waals surface area contributed by atoms with Gasteiger partial charge in [-0.15, -0.1) is 0 Å². The van der Waals surface area contributed by atoms with Crippen LogP contribution in [0.5, 0.6) is 0 Å². The van der Waals surface area contributed by atoms with Gasteiger partial charge < -0.3 is 10.5 Å². The van der Waals surface area contributed by atoms with Crippen molar-refractivity contribution in [1.29, 1.82) is 0 Å². The Balaban J connectivity index is 2.13. The monoisotopic (exact) mass is 359 g/mol. The molecular formula is C16H23BrClNO. The first-order valence-electron chi connectivity index (χ1n) is 7.41. The standard InChI is InChI=1S/C16H23BrClNO/c1-2-20-16(8-4-3-5-9-16)15(19)10-12-6-7-13(17)11-14(12)18/h6-7,11,15H,2-5,8-10,19H2,1H3. The number of hydrogen-bond acceptors (Lipinski definition) is 2. The first-order valence-corrected chi connectivity index (χ1v) is 8.58. The molecule has 0 aliphatic heterocycles. The molecule has 1 aliphatic rings. The summed E-state index contributed by atoms with van der Waals surface area (Å²) < 4.78 is 7.09. The fraction of sp³-hybridized carbons (Fsp3) is 0.625. The molecule has 1 aromatic rings. The number of nitrogens with two attached hydrogens (primary N) is 1. The van der Waals surface area contributed by atoms with Crippen molar-refractivity contribution < 1.29 is 4.74 Å². The van der Waals surface area contributed by atoms with Crippen LogP contribution in [0, 0.1) is 0 Å². The van der Waals surface area contributed by atoms with Crippen molar-refractivity contribution >= 4 is 27.5 Å². The summed E-state index contributed by atoms with van der Waals surface area (Å²) in [6.07, 6.45) is 6.61. The van der Waals surface area contributed by atoms with Crippen LogP contribution in [0.2, 0.25) is 5.02 Å². The van der Waals surface area contributed by atoms with Gasteiger partial charge in [0.25, 0.3) is 0 Å². The molecule has 2 rings (SSSR count). The molecule has 2 N–H and O–H groups in total. The summed E-state index contributed by atoms with van der Waals surface area (Å²) in [6.45, 7) is 2.78. The Labute approximate surface area is 135 Å². The fourth-order valence-electron chi connectivity index (χ4n) is 3.17. The molecular weight excluding hydrogens is 338 g/mol. The lowest BCUT2D eigenvalue weighted by atomic mass is 9.77. The molecule has 0 radical (unpaired) electrons. The van der Waals surface area contributed by atoms with Gasteiger partial charge in [-0.3, -0.25) is 0 Å². The second kappa shape index (κ2) is 7.26. The average Bonchev–Trinajstić information content (AvgIpc) is 2.43. The van der Waals surface area contributed by atoms with Crippen molar-refractivity contribution in [2.24, 2.45) is 5.73 Å². The summed E-state index contributed by atoms with van der Waals surface area (Å²) in [5.41, 5.74) is 7.45. The maximum absolute atomic E-state index is 6.51. The van der Waals surface area contributed by atoms with Crippen LogP contribution in [0.3, 0.4) is 0 Å². The third kappa shape index (κ3) is 3.76. The van der Waals surface area contributed by atoms with E-state index in [0.29, 0.717) is 0 Å². The number of ether oxygens (including phenoxy) is 1. The lowest BCUT2D eigenvalue weighted by Gasteiger charge is -2.42. The Morgan fingerprint density at radius 3 is 2.65 bits per heavy atom. The van der Waals surface area contributed by atoms with Crippen LogP contribution in [0.1, 0.15) is 44.6 Å². The van der Waals surface area contributed by atoms with E-state index in [-0.39, 0.29) is 11.6 Å². The van der Waals surface area contributed by atoms with E-state index in [2.05, 4.69) is 28.9 Å². The fourth-order valence-corrected chi connectivity index (χ4v) is 3.92. The van der Waals surface area contributed by atoms with Gasteiger partial charge in [0.05, 0.1) is 5.60 Å². The van der Waals surface area contributed by atoms with Crippen molar-refractivity contribution in [1.82, 2.24) is 0 Å². The van der Waals surface area contributed by atoms with Crippen molar-refractivity contribution in [2.75, 3.05) is 6.61 Å². The molecule has 112 valence electrons. The van der Waals surface area contributed by atoms with Crippen LogP contribution in [0.15, 0.2) is 22.7 Å². The van der Waals surface area contributed by atoms with Gasteiger partial charge in [-0.25, -0.2) is 0 Å². The zero-order chi connectivity index (χ0) is 14.6. The molecule has 1 unspecified atom stereocenters. The third-order valence-corrected chi connectivity index (χ3v) is 5.11. The second-order valence-corrected chi connectivity index (χ2v) is 6.93. The van der Waals surface area contributed by atoms with Crippen LogP contribution in [0.25, 0.3) is 0 Å². The maximum atomic E-state index is 6.51. The molecule has 1 aliphatic carbocycles. The summed E-state index contributed by atoms with van der Waals surface area (Å²) in [6, 6.07) is 6.00. The molecule has 0 bridgehead atoms. The Kier molecular flexibility index (Phi) is 5.91. The first-order chi connectivity index (χ1) is 9.57. The highest BCUT2D eigenvalue weighted by Gasteiger charge is 2.38. The van der Waals surface area contributed by atoms with Crippen LogP contribution < -0.4 is 5.73 Å². The van der Waals surface area contributed by atoms with Gasteiger partial charge in [0.2, 0.25) is 0 Å². The Morgan fingerprint density at radius 2 is 2.05 bits per heavy atom. The van der Waals surface area contributed by atoms with Gasteiger partial charge in [0.15, 0.2) is 0 Å². The lowest BCUT2D eigenvalue weighted by Crippen LogP contribution is -2.52. The van der Waals surface area contributed by atoms with Crippen molar-refractivity contribution in [3.05, 3.63) is 33.3 Å². The second-order valence-electron chi connectivity index (χ2n) is 5.60. The highest BCUT2D eigenvalue weighted by Crippen LogP contribution is 2.36. The normalized spacial score (nSPS) is 19.8. The maximum Gasteiger partial charge on any atom is 0.0835 e. The van der Waals surface area contributed by atoms with Crippen LogP contribution >= 0.6 is 27.5 Å². The summed E-state index contributed by atoms with van der Waals surface area (Å²) in [7, 11) is 0. The van der Waals surface area contributed by atoms with E-state index in [1.807, 2.05) is 12.1 Å². The quantitative estimate of drug-likeness (QED) is 0.825. The molecule has 4 heteroatoms. The van der Waals surface area contributed by atoms with Gasteiger partial charge in [-0.05, 0) is 43.9 Å². The smallest absolute Gasteiger partial charge is 0.0835 e. The summed E-state index contributed by atoms with van der Waals surface area (Å²) >= 11 is 9.74. The van der Waals surface area contributed by atoms with Gasteiger partial charge >= 0.3 is 0 Å². The van der Waals surface area contributed by atoms with E-state index in [0.717, 1.165) is 40.9 Å². The van der Waals surface area contributed by atoms with E-state index in [1.165, 1.54) is 19.3 Å². The number of halogens is 2. The van der Waals surface area contributed by atoms with Crippen molar-refractivity contribution in [3.63, 3.8) is 0 Å². The third-order valence-electron chi connectivity index (χ3n) is 4.26. The number of benzene rings is 1. The van der Waals surface area contributed by atoms with E-state index in [1.54, 1.807) is 0 Å². The first kappa shape index (κ1) is 16.3. The van der Waals surface area contributed by atoms with Crippen LogP contribution in [0.4, 0.5) is 0 Å². The largest absolute Gasteiger partial charge is 0.374 e. The molecule has 0 heterocycles. The number of hydrogen-bond donors (Lipinski definition) is 1. The van der Waals surface area contributed by atoms with Gasteiger partial charge in [0.1, 0.15) is 0 Å². The lowest BCUT2D eigenvalue weighted by molar-refractivity contribution is -0.0817. The Morgan fingerprint density at radius 1 is 1.35 bits per heavy atom. The molecule has 20 heavy (non-hydrogen) atoms. The molecule has 0 spiro atoms. The minimum atomic E-state index is -0.163. The van der Waals surface area contributed by atoms with Gasteiger partial charge in [0, 0.05) is 22.1 Å². The van der Waals surface area contributed by atoms with Gasteiger partial charge in [-0.2, -0.15) is 0 Å². The van der Waals surface area contributed by atoms with E-state index in [4.69, 9.17) is 22.1 Å². The zero-order valence-electron chi connectivity index (χ0n) is 12.0. The van der Waals surface area contributed by atoms with E-state index >= 15 is 0 Å². The van der Waals surface area contributed by atoms with Crippen molar-refractivity contribution in [3.8, 4) is 0 Å². The molecule has 1 atom stereocenters. The van der Waals surface area contributed by atoms with Crippen LogP contribution in [-0.4, -0.2) is 18.2 Å². The number of rotatable bonds is 5. The average molecular weight is 361 g/mol. The minimum Gasteiger partial charge on any atom is -0.374 e. The molecule has 1 saturated carbocycles.